The number of hydrogen-bond donors (Lipinski definition) is 2. The summed E-state index contributed by atoms with van der Waals surface area (Å²) in [5.41, 5.74) is 0.903. The second kappa shape index (κ2) is 7.00. The maximum Gasteiger partial charge on any atom is 0.261 e. The number of fused-ring (bicyclic) bond motifs is 2. The Morgan fingerprint density at radius 2 is 1.87 bits per heavy atom. The van der Waals surface area contributed by atoms with Crippen LogP contribution in [0.4, 0.5) is 0 Å². The summed E-state index contributed by atoms with van der Waals surface area (Å²) in [5.74, 6) is 0.837. The van der Waals surface area contributed by atoms with Gasteiger partial charge in [-0.2, -0.15) is 0 Å². The number of carbonyl (C=O) groups is 2. The largest absolute Gasteiger partial charge is 0.454 e. The van der Waals surface area contributed by atoms with Gasteiger partial charge in [0.05, 0.1) is 0 Å². The molecule has 1 aliphatic carbocycles. The number of amides is 1. The smallest absolute Gasteiger partial charge is 0.261 e. The summed E-state index contributed by atoms with van der Waals surface area (Å²) in [7, 11) is 0. The van der Waals surface area contributed by atoms with E-state index in [1.165, 1.54) is 6.07 Å². The molecule has 7 nitrogen and oxygen atoms in total. The first-order valence-electron chi connectivity index (χ1n) is 10.0. The maximum absolute atomic E-state index is 12.8. The summed E-state index contributed by atoms with van der Waals surface area (Å²) in [5, 5.41) is 2.84. The van der Waals surface area contributed by atoms with E-state index in [0.29, 0.717) is 42.1 Å². The van der Waals surface area contributed by atoms with Crippen molar-refractivity contribution in [3.63, 3.8) is 0 Å². The quantitative estimate of drug-likeness (QED) is 0.808. The van der Waals surface area contributed by atoms with Crippen molar-refractivity contribution >= 4 is 11.7 Å². The Bertz CT molecular complexity index is 1100. The molecule has 2 N–H and O–H groups in total. The van der Waals surface area contributed by atoms with Gasteiger partial charge in [-0.05, 0) is 35.6 Å². The van der Waals surface area contributed by atoms with Crippen molar-refractivity contribution in [2.45, 2.75) is 46.0 Å². The number of H-pyrrole nitrogens is 1. The third kappa shape index (κ3) is 3.72. The number of benzene rings is 1. The number of ketones is 1. The standard InChI is InChI=1S/C23H26N2O5/c1-22(2)9-16-14(17(26)10-22)8-15(21(28)25-16)20(27)24-11-23(3,4)13-5-6-18-19(7-13)30-12-29-18/h5-8H,9-12H2,1-4H3,(H,24,27)(H,25,28). The van der Waals surface area contributed by atoms with Gasteiger partial charge in [0.2, 0.25) is 6.79 Å². The maximum atomic E-state index is 12.8. The van der Waals surface area contributed by atoms with Gasteiger partial charge in [-0.15, -0.1) is 0 Å². The molecule has 1 aromatic carbocycles. The van der Waals surface area contributed by atoms with Gasteiger partial charge >= 0.3 is 0 Å². The Hall–Kier alpha value is -3.09. The van der Waals surface area contributed by atoms with Gasteiger partial charge in [0, 0.05) is 29.6 Å². The molecule has 2 heterocycles. The van der Waals surface area contributed by atoms with Crippen molar-refractivity contribution in [2.75, 3.05) is 13.3 Å². The fraction of sp³-hybridized carbons (Fsp3) is 0.435. The lowest BCUT2D eigenvalue weighted by Crippen LogP contribution is -2.39. The number of ether oxygens (including phenoxy) is 2. The van der Waals surface area contributed by atoms with E-state index < -0.39 is 16.9 Å². The molecule has 2 aromatic rings. The predicted octanol–water partition coefficient (Wildman–Crippen LogP) is 2.97. The molecular formula is C23H26N2O5. The number of nitrogens with one attached hydrogen (secondary N) is 2. The van der Waals surface area contributed by atoms with Crippen LogP contribution in [-0.2, 0) is 11.8 Å². The normalized spacial score (nSPS) is 16.9. The zero-order valence-corrected chi connectivity index (χ0v) is 17.7. The van der Waals surface area contributed by atoms with E-state index in [1.54, 1.807) is 0 Å². The van der Waals surface area contributed by atoms with E-state index in [9.17, 15) is 14.4 Å². The van der Waals surface area contributed by atoms with Crippen LogP contribution >= 0.6 is 0 Å². The van der Waals surface area contributed by atoms with E-state index in [-0.39, 0.29) is 23.6 Å². The molecule has 7 heteroatoms. The van der Waals surface area contributed by atoms with E-state index in [2.05, 4.69) is 10.3 Å². The van der Waals surface area contributed by atoms with Gasteiger partial charge in [0.1, 0.15) is 5.56 Å². The summed E-state index contributed by atoms with van der Waals surface area (Å²) >= 11 is 0. The highest BCUT2D eigenvalue weighted by atomic mass is 16.7. The molecule has 0 unspecified atom stereocenters. The highest BCUT2D eigenvalue weighted by Crippen LogP contribution is 2.36. The van der Waals surface area contributed by atoms with Crippen LogP contribution in [0.15, 0.2) is 29.1 Å². The molecule has 0 atom stereocenters. The van der Waals surface area contributed by atoms with Crippen LogP contribution in [0.3, 0.4) is 0 Å². The molecule has 30 heavy (non-hydrogen) atoms. The van der Waals surface area contributed by atoms with Crippen molar-refractivity contribution in [3.05, 3.63) is 57.0 Å². The fourth-order valence-corrected chi connectivity index (χ4v) is 4.01. The highest BCUT2D eigenvalue weighted by Gasteiger charge is 2.33. The van der Waals surface area contributed by atoms with Crippen molar-refractivity contribution in [1.29, 1.82) is 0 Å². The minimum atomic E-state index is -0.495. The number of pyridine rings is 1. The van der Waals surface area contributed by atoms with E-state index in [0.717, 1.165) is 5.56 Å². The van der Waals surface area contributed by atoms with E-state index >= 15 is 0 Å². The van der Waals surface area contributed by atoms with Gasteiger partial charge in [0.25, 0.3) is 11.5 Å². The number of aromatic amines is 1. The Morgan fingerprint density at radius 3 is 2.63 bits per heavy atom. The van der Waals surface area contributed by atoms with Crippen molar-refractivity contribution in [2.24, 2.45) is 5.41 Å². The van der Waals surface area contributed by atoms with Crippen molar-refractivity contribution in [3.8, 4) is 11.5 Å². The lowest BCUT2D eigenvalue weighted by molar-refractivity contribution is 0.0910. The summed E-state index contributed by atoms with van der Waals surface area (Å²) in [4.78, 5) is 40.5. The molecule has 1 aromatic heterocycles. The third-order valence-electron chi connectivity index (χ3n) is 5.81. The Morgan fingerprint density at radius 1 is 1.13 bits per heavy atom. The van der Waals surface area contributed by atoms with Crippen molar-refractivity contribution in [1.82, 2.24) is 10.3 Å². The van der Waals surface area contributed by atoms with Crippen LogP contribution in [0.2, 0.25) is 0 Å². The Labute approximate surface area is 174 Å². The van der Waals surface area contributed by atoms with Crippen LogP contribution < -0.4 is 20.3 Å². The molecule has 0 bridgehead atoms. The molecule has 4 rings (SSSR count). The van der Waals surface area contributed by atoms with Crippen LogP contribution in [0.1, 0.15) is 66.1 Å². The first-order valence-corrected chi connectivity index (χ1v) is 10.0. The number of carbonyl (C=O) groups excluding carboxylic acids is 2. The Balaban J connectivity index is 1.52. The van der Waals surface area contributed by atoms with Gasteiger partial charge < -0.3 is 19.8 Å². The van der Waals surface area contributed by atoms with Gasteiger partial charge in [-0.3, -0.25) is 14.4 Å². The van der Waals surface area contributed by atoms with Gasteiger partial charge in [-0.25, -0.2) is 0 Å². The van der Waals surface area contributed by atoms with Crippen LogP contribution in [-0.4, -0.2) is 30.0 Å². The molecule has 0 fully saturated rings. The third-order valence-corrected chi connectivity index (χ3v) is 5.81. The summed E-state index contributed by atoms with van der Waals surface area (Å²) in [6.45, 7) is 8.48. The zero-order valence-electron chi connectivity index (χ0n) is 17.7. The monoisotopic (exact) mass is 410 g/mol. The number of aromatic nitrogens is 1. The second-order valence-corrected chi connectivity index (χ2v) is 9.48. The molecule has 0 spiro atoms. The minimum absolute atomic E-state index is 0.0386. The molecule has 1 amide bonds. The predicted molar refractivity (Wildman–Crippen MR) is 111 cm³/mol. The van der Waals surface area contributed by atoms with Gasteiger partial charge in [-0.1, -0.05) is 33.8 Å². The number of Topliss-reactive ketones (excluding diaryl/α,β-unsaturated/α-hetero) is 1. The average Bonchev–Trinajstić information content (AvgIpc) is 3.12. The number of rotatable bonds is 4. The van der Waals surface area contributed by atoms with Crippen LogP contribution in [0, 0.1) is 5.41 Å². The first-order chi connectivity index (χ1) is 14.1. The molecule has 0 radical (unpaired) electrons. The minimum Gasteiger partial charge on any atom is -0.454 e. The molecule has 2 aliphatic rings. The summed E-state index contributed by atoms with van der Waals surface area (Å²) in [6, 6.07) is 7.13. The highest BCUT2D eigenvalue weighted by molar-refractivity contribution is 6.02. The van der Waals surface area contributed by atoms with Crippen LogP contribution in [0.25, 0.3) is 0 Å². The molecule has 0 saturated heterocycles. The number of hydrogen-bond acceptors (Lipinski definition) is 5. The fourth-order valence-electron chi connectivity index (χ4n) is 4.01. The second-order valence-electron chi connectivity index (χ2n) is 9.48. The SMILES string of the molecule is CC1(C)CC(=O)c2cc(C(=O)NCC(C)(C)c3ccc4c(c3)OCO4)c(=O)[nH]c2C1. The molecule has 158 valence electrons. The van der Waals surface area contributed by atoms with Gasteiger partial charge in [0.15, 0.2) is 17.3 Å². The summed E-state index contributed by atoms with van der Waals surface area (Å²) in [6.07, 6.45) is 0.993. The topological polar surface area (TPSA) is 97.5 Å². The van der Waals surface area contributed by atoms with E-state index in [1.807, 2.05) is 45.9 Å². The van der Waals surface area contributed by atoms with E-state index in [4.69, 9.17) is 9.47 Å². The molecule has 1 aliphatic heterocycles. The summed E-state index contributed by atoms with van der Waals surface area (Å²) < 4.78 is 10.8. The average molecular weight is 410 g/mol. The Kier molecular flexibility index (Phi) is 4.71. The van der Waals surface area contributed by atoms with Crippen molar-refractivity contribution < 1.29 is 19.1 Å². The first kappa shape index (κ1) is 20.2. The zero-order chi connectivity index (χ0) is 21.7. The lowest BCUT2D eigenvalue weighted by Gasteiger charge is -2.30. The molecular weight excluding hydrogens is 384 g/mol. The lowest BCUT2D eigenvalue weighted by atomic mass is 9.75. The molecule has 0 saturated carbocycles. The van der Waals surface area contributed by atoms with Crippen LogP contribution in [0.5, 0.6) is 11.5 Å².